The molecule has 0 saturated heterocycles. The molecule has 0 bridgehead atoms. The number of urea groups is 1. The third-order valence-corrected chi connectivity index (χ3v) is 6.02. The van der Waals surface area contributed by atoms with Gasteiger partial charge < -0.3 is 24.8 Å². The zero-order chi connectivity index (χ0) is 19.1. The van der Waals surface area contributed by atoms with E-state index in [0.29, 0.717) is 38.7 Å². The van der Waals surface area contributed by atoms with Crippen LogP contribution in [0, 0.1) is 5.92 Å². The van der Waals surface area contributed by atoms with Crippen molar-refractivity contribution >= 4 is 27.9 Å². The van der Waals surface area contributed by atoms with E-state index in [1.165, 1.54) is 0 Å². The lowest BCUT2D eigenvalue weighted by Gasteiger charge is -2.30. The van der Waals surface area contributed by atoms with Gasteiger partial charge in [0.15, 0.2) is 11.5 Å². The molecule has 1 aromatic rings. The maximum absolute atomic E-state index is 13.0. The van der Waals surface area contributed by atoms with E-state index in [4.69, 9.17) is 14.2 Å². The molecule has 3 aliphatic rings. The number of amides is 2. The van der Waals surface area contributed by atoms with Crippen molar-refractivity contribution in [2.24, 2.45) is 5.92 Å². The molecule has 2 N–H and O–H groups in total. The predicted octanol–water partition coefficient (Wildman–Crippen LogP) is 3.54. The summed E-state index contributed by atoms with van der Waals surface area (Å²) in [6, 6.07) is 2.55. The second kappa shape index (κ2) is 7.07. The Labute approximate surface area is 165 Å². The lowest BCUT2D eigenvalue weighted by molar-refractivity contribution is -0.146. The van der Waals surface area contributed by atoms with E-state index in [-0.39, 0.29) is 18.9 Å². The molecule has 0 spiro atoms. The molecule has 4 rings (SSSR count). The van der Waals surface area contributed by atoms with Gasteiger partial charge in [-0.2, -0.15) is 0 Å². The minimum atomic E-state index is -0.646. The van der Waals surface area contributed by atoms with Crippen LogP contribution < -0.4 is 20.1 Å². The average Bonchev–Trinajstić information content (AvgIpc) is 3.22. The summed E-state index contributed by atoms with van der Waals surface area (Å²) in [5.74, 6) is 1.14. The first-order valence-electron chi connectivity index (χ1n) is 9.02. The second-order valence-electron chi connectivity index (χ2n) is 7.15. The SMILES string of the molecule is CC1=C(C(=O)O[C@@H]2CCC[C@H]2C)[C@@H](c2cc3c(cc2Br)OCO3)NC(=O)N1. The predicted molar refractivity (Wildman–Crippen MR) is 100 cm³/mol. The fraction of sp³-hybridized carbons (Fsp3) is 0.474. The van der Waals surface area contributed by atoms with Gasteiger partial charge in [-0.05, 0) is 49.8 Å². The van der Waals surface area contributed by atoms with Crippen molar-refractivity contribution in [3.63, 3.8) is 0 Å². The fourth-order valence-electron chi connectivity index (χ4n) is 3.84. The molecular weight excluding hydrogens is 416 g/mol. The zero-order valence-corrected chi connectivity index (χ0v) is 16.7. The Bertz CT molecular complexity index is 838. The lowest BCUT2D eigenvalue weighted by Crippen LogP contribution is -2.45. The summed E-state index contributed by atoms with van der Waals surface area (Å²) >= 11 is 3.52. The van der Waals surface area contributed by atoms with E-state index in [9.17, 15) is 9.59 Å². The molecule has 1 fully saturated rings. The Kier molecular flexibility index (Phi) is 4.75. The Hall–Kier alpha value is -2.22. The van der Waals surface area contributed by atoms with Gasteiger partial charge in [0.2, 0.25) is 6.79 Å². The van der Waals surface area contributed by atoms with Crippen molar-refractivity contribution in [2.45, 2.75) is 45.3 Å². The van der Waals surface area contributed by atoms with E-state index < -0.39 is 12.0 Å². The van der Waals surface area contributed by atoms with Gasteiger partial charge in [0, 0.05) is 10.2 Å². The smallest absolute Gasteiger partial charge is 0.338 e. The van der Waals surface area contributed by atoms with E-state index in [0.717, 1.165) is 19.3 Å². The molecule has 0 aromatic heterocycles. The summed E-state index contributed by atoms with van der Waals surface area (Å²) < 4.78 is 17.3. The van der Waals surface area contributed by atoms with Gasteiger partial charge in [-0.1, -0.05) is 22.9 Å². The standard InChI is InChI=1S/C19H21BrN2O5/c1-9-4-3-5-13(9)27-18(23)16-10(2)21-19(24)22-17(16)11-6-14-15(7-12(11)20)26-8-25-14/h6-7,9,13,17H,3-5,8H2,1-2H3,(H2,21,22,24)/t9-,13-,17-/m1/s1. The van der Waals surface area contributed by atoms with Crippen LogP contribution in [0.1, 0.15) is 44.7 Å². The van der Waals surface area contributed by atoms with Crippen LogP contribution in [-0.4, -0.2) is 24.9 Å². The highest BCUT2D eigenvalue weighted by atomic mass is 79.9. The van der Waals surface area contributed by atoms with E-state index >= 15 is 0 Å². The van der Waals surface area contributed by atoms with Gasteiger partial charge in [-0.15, -0.1) is 0 Å². The van der Waals surface area contributed by atoms with E-state index in [1.807, 2.05) is 0 Å². The topological polar surface area (TPSA) is 85.9 Å². The van der Waals surface area contributed by atoms with E-state index in [2.05, 4.69) is 33.5 Å². The number of esters is 1. The first kappa shape index (κ1) is 18.2. The minimum absolute atomic E-state index is 0.0868. The maximum atomic E-state index is 13.0. The number of fused-ring (bicyclic) bond motifs is 1. The van der Waals surface area contributed by atoms with Crippen molar-refractivity contribution in [2.75, 3.05) is 6.79 Å². The fourth-order valence-corrected chi connectivity index (χ4v) is 4.39. The summed E-state index contributed by atoms with van der Waals surface area (Å²) in [6.45, 7) is 3.95. The van der Waals surface area contributed by atoms with Crippen LogP contribution >= 0.6 is 15.9 Å². The molecular formula is C19H21BrN2O5. The van der Waals surface area contributed by atoms with Crippen LogP contribution in [0.15, 0.2) is 27.9 Å². The Morgan fingerprint density at radius 3 is 2.70 bits per heavy atom. The highest BCUT2D eigenvalue weighted by molar-refractivity contribution is 9.10. The number of rotatable bonds is 3. The monoisotopic (exact) mass is 436 g/mol. The third-order valence-electron chi connectivity index (χ3n) is 5.33. The molecule has 0 unspecified atom stereocenters. The Balaban J connectivity index is 1.68. The quantitative estimate of drug-likeness (QED) is 0.707. The molecule has 3 atom stereocenters. The van der Waals surface area contributed by atoms with Crippen LogP contribution in [0.2, 0.25) is 0 Å². The number of carbonyl (C=O) groups is 2. The molecule has 1 aliphatic carbocycles. The second-order valence-corrected chi connectivity index (χ2v) is 8.00. The zero-order valence-electron chi connectivity index (χ0n) is 15.1. The van der Waals surface area contributed by atoms with Crippen molar-refractivity contribution < 1.29 is 23.8 Å². The largest absolute Gasteiger partial charge is 0.459 e. The number of benzene rings is 1. The van der Waals surface area contributed by atoms with Crippen molar-refractivity contribution in [1.82, 2.24) is 10.6 Å². The minimum Gasteiger partial charge on any atom is -0.459 e. The van der Waals surface area contributed by atoms with Crippen LogP contribution in [0.3, 0.4) is 0 Å². The molecule has 1 saturated carbocycles. The number of allylic oxidation sites excluding steroid dienone is 1. The van der Waals surface area contributed by atoms with Gasteiger partial charge in [-0.3, -0.25) is 0 Å². The van der Waals surface area contributed by atoms with Crippen molar-refractivity contribution in [3.05, 3.63) is 33.4 Å². The van der Waals surface area contributed by atoms with Crippen molar-refractivity contribution in [1.29, 1.82) is 0 Å². The first-order chi connectivity index (χ1) is 12.9. The molecule has 2 heterocycles. The number of hydrogen-bond acceptors (Lipinski definition) is 5. The van der Waals surface area contributed by atoms with Crippen molar-refractivity contribution in [3.8, 4) is 11.5 Å². The van der Waals surface area contributed by atoms with Crippen LogP contribution in [0.25, 0.3) is 0 Å². The number of halogens is 1. The number of hydrogen-bond donors (Lipinski definition) is 2. The molecule has 2 aliphatic heterocycles. The first-order valence-corrected chi connectivity index (χ1v) is 9.81. The Morgan fingerprint density at radius 1 is 1.26 bits per heavy atom. The summed E-state index contributed by atoms with van der Waals surface area (Å²) in [7, 11) is 0. The number of carbonyl (C=O) groups excluding carboxylic acids is 2. The molecule has 144 valence electrons. The van der Waals surface area contributed by atoms with Gasteiger partial charge in [0.25, 0.3) is 0 Å². The van der Waals surface area contributed by atoms with Crippen LogP contribution in [-0.2, 0) is 9.53 Å². The van der Waals surface area contributed by atoms with Gasteiger partial charge in [0.05, 0.1) is 11.6 Å². The molecule has 8 heteroatoms. The third kappa shape index (κ3) is 3.38. The highest BCUT2D eigenvalue weighted by Gasteiger charge is 2.36. The molecule has 0 radical (unpaired) electrons. The van der Waals surface area contributed by atoms with Gasteiger partial charge in [0.1, 0.15) is 6.10 Å². The summed E-state index contributed by atoms with van der Waals surface area (Å²) in [5.41, 5.74) is 1.59. The summed E-state index contributed by atoms with van der Waals surface area (Å²) in [5, 5.41) is 5.50. The normalized spacial score (nSPS) is 26.6. The van der Waals surface area contributed by atoms with Gasteiger partial charge in [-0.25, -0.2) is 9.59 Å². The average molecular weight is 437 g/mol. The van der Waals surface area contributed by atoms with Crippen LogP contribution in [0.4, 0.5) is 4.79 Å². The highest BCUT2D eigenvalue weighted by Crippen LogP contribution is 2.42. The number of nitrogens with one attached hydrogen (secondary N) is 2. The van der Waals surface area contributed by atoms with E-state index in [1.54, 1.807) is 19.1 Å². The summed E-state index contributed by atoms with van der Waals surface area (Å²) in [6.07, 6.45) is 2.90. The lowest BCUT2D eigenvalue weighted by atomic mass is 9.95. The number of ether oxygens (including phenoxy) is 3. The Morgan fingerprint density at radius 2 is 2.00 bits per heavy atom. The molecule has 27 heavy (non-hydrogen) atoms. The maximum Gasteiger partial charge on any atom is 0.338 e. The molecule has 7 nitrogen and oxygen atoms in total. The molecule has 1 aromatic carbocycles. The summed E-state index contributed by atoms with van der Waals surface area (Å²) in [4.78, 5) is 25.1. The van der Waals surface area contributed by atoms with Crippen LogP contribution in [0.5, 0.6) is 11.5 Å². The van der Waals surface area contributed by atoms with Gasteiger partial charge >= 0.3 is 12.0 Å². The molecule has 2 amide bonds.